The molecule has 5 heteroatoms. The van der Waals surface area contributed by atoms with Crippen LogP contribution in [0.2, 0.25) is 0 Å². The molecular weight excluding hydrogens is 306 g/mol. The quantitative estimate of drug-likeness (QED) is 0.881. The first kappa shape index (κ1) is 17.7. The molecule has 0 spiro atoms. The van der Waals surface area contributed by atoms with Crippen molar-refractivity contribution in [1.29, 1.82) is 0 Å². The Morgan fingerprint density at radius 1 is 0.958 bits per heavy atom. The number of ether oxygens (including phenoxy) is 3. The predicted octanol–water partition coefficient (Wildman–Crippen LogP) is 3.51. The fourth-order valence-electron chi connectivity index (χ4n) is 2.50. The number of hydrogen-bond donors (Lipinski definition) is 1. The fraction of sp³-hybridized carbons (Fsp3) is 0.316. The van der Waals surface area contributed by atoms with Crippen LogP contribution in [0.1, 0.15) is 34.5 Å². The van der Waals surface area contributed by atoms with Crippen LogP contribution >= 0.6 is 0 Å². The minimum absolute atomic E-state index is 0.168. The summed E-state index contributed by atoms with van der Waals surface area (Å²) in [4.78, 5) is 12.5. The van der Waals surface area contributed by atoms with Gasteiger partial charge in [0.05, 0.1) is 27.4 Å². The number of methoxy groups -OCH3 is 3. The number of benzene rings is 2. The van der Waals surface area contributed by atoms with E-state index in [4.69, 9.17) is 14.2 Å². The van der Waals surface area contributed by atoms with Crippen LogP contribution < -0.4 is 19.5 Å². The second-order valence-corrected chi connectivity index (χ2v) is 5.49. The maximum atomic E-state index is 12.5. The lowest BCUT2D eigenvalue weighted by molar-refractivity contribution is 0.0939. The second kappa shape index (κ2) is 7.73. The monoisotopic (exact) mass is 329 g/mol. The average molecular weight is 329 g/mol. The molecule has 24 heavy (non-hydrogen) atoms. The van der Waals surface area contributed by atoms with Gasteiger partial charge in [0.2, 0.25) is 0 Å². The molecule has 0 saturated carbocycles. The number of carbonyl (C=O) groups excluding carboxylic acids is 1. The number of nitrogens with one attached hydrogen (secondary N) is 1. The molecule has 0 aliphatic rings. The van der Waals surface area contributed by atoms with Crippen molar-refractivity contribution in [1.82, 2.24) is 5.32 Å². The van der Waals surface area contributed by atoms with Crippen molar-refractivity contribution in [2.45, 2.75) is 19.9 Å². The average Bonchev–Trinajstić information content (AvgIpc) is 2.61. The lowest BCUT2D eigenvalue weighted by atomic mass is 10.1. The Morgan fingerprint density at radius 3 is 2.29 bits per heavy atom. The van der Waals surface area contributed by atoms with E-state index in [2.05, 4.69) is 5.32 Å². The van der Waals surface area contributed by atoms with E-state index in [1.807, 2.05) is 32.0 Å². The second-order valence-electron chi connectivity index (χ2n) is 5.49. The standard InChI is InChI=1S/C19H23NO4/c1-12-6-7-14(10-17(12)23-4)19(21)20-13(2)16-9-8-15(22-3)11-18(16)24-5/h6-11,13H,1-5H3,(H,20,21). The van der Waals surface area contributed by atoms with Crippen LogP contribution in [0.3, 0.4) is 0 Å². The van der Waals surface area contributed by atoms with Gasteiger partial charge in [-0.3, -0.25) is 4.79 Å². The van der Waals surface area contributed by atoms with Crippen molar-refractivity contribution in [2.75, 3.05) is 21.3 Å². The van der Waals surface area contributed by atoms with E-state index in [9.17, 15) is 4.79 Å². The Kier molecular flexibility index (Phi) is 5.68. The highest BCUT2D eigenvalue weighted by Gasteiger charge is 2.16. The molecule has 1 atom stereocenters. The van der Waals surface area contributed by atoms with Gasteiger partial charge < -0.3 is 19.5 Å². The molecule has 0 saturated heterocycles. The van der Waals surface area contributed by atoms with Crippen molar-refractivity contribution in [3.63, 3.8) is 0 Å². The third-order valence-corrected chi connectivity index (χ3v) is 3.93. The van der Waals surface area contributed by atoms with Gasteiger partial charge in [0.15, 0.2) is 0 Å². The summed E-state index contributed by atoms with van der Waals surface area (Å²) in [5, 5.41) is 2.98. The first-order valence-electron chi connectivity index (χ1n) is 7.67. The van der Waals surface area contributed by atoms with E-state index >= 15 is 0 Å². The van der Waals surface area contributed by atoms with E-state index in [1.54, 1.807) is 39.5 Å². The Morgan fingerprint density at radius 2 is 1.67 bits per heavy atom. The zero-order chi connectivity index (χ0) is 17.7. The minimum atomic E-state index is -0.217. The molecule has 0 aliphatic heterocycles. The van der Waals surface area contributed by atoms with Crippen molar-refractivity contribution in [3.8, 4) is 17.2 Å². The molecule has 0 heterocycles. The molecule has 0 fully saturated rings. The summed E-state index contributed by atoms with van der Waals surface area (Å²) >= 11 is 0. The smallest absolute Gasteiger partial charge is 0.251 e. The van der Waals surface area contributed by atoms with Crippen LogP contribution in [0.15, 0.2) is 36.4 Å². The zero-order valence-electron chi connectivity index (χ0n) is 14.7. The molecular formula is C19H23NO4. The highest BCUT2D eigenvalue weighted by Crippen LogP contribution is 2.29. The predicted molar refractivity (Wildman–Crippen MR) is 93.2 cm³/mol. The first-order valence-corrected chi connectivity index (χ1v) is 7.67. The third kappa shape index (κ3) is 3.79. The van der Waals surface area contributed by atoms with E-state index in [1.165, 1.54) is 0 Å². The Hall–Kier alpha value is -2.69. The minimum Gasteiger partial charge on any atom is -0.497 e. The van der Waals surface area contributed by atoms with Crippen LogP contribution in [0, 0.1) is 6.92 Å². The van der Waals surface area contributed by atoms with Gasteiger partial charge in [-0.05, 0) is 43.7 Å². The molecule has 2 aromatic rings. The van der Waals surface area contributed by atoms with Crippen LogP contribution in [0.5, 0.6) is 17.2 Å². The maximum Gasteiger partial charge on any atom is 0.251 e. The van der Waals surface area contributed by atoms with E-state index in [0.717, 1.165) is 11.1 Å². The fourth-order valence-corrected chi connectivity index (χ4v) is 2.50. The van der Waals surface area contributed by atoms with Crippen molar-refractivity contribution in [3.05, 3.63) is 53.1 Å². The summed E-state index contributed by atoms with van der Waals surface area (Å²) in [6.07, 6.45) is 0. The van der Waals surface area contributed by atoms with Gasteiger partial charge >= 0.3 is 0 Å². The van der Waals surface area contributed by atoms with Crippen LogP contribution in [0.25, 0.3) is 0 Å². The van der Waals surface area contributed by atoms with Gasteiger partial charge in [-0.2, -0.15) is 0 Å². The summed E-state index contributed by atoms with van der Waals surface area (Å²) in [5.74, 6) is 1.90. The third-order valence-electron chi connectivity index (χ3n) is 3.93. The number of carbonyl (C=O) groups is 1. The molecule has 0 aromatic heterocycles. The molecule has 0 radical (unpaired) electrons. The topological polar surface area (TPSA) is 56.8 Å². The first-order chi connectivity index (χ1) is 11.5. The van der Waals surface area contributed by atoms with Gasteiger partial charge in [-0.25, -0.2) is 0 Å². The van der Waals surface area contributed by atoms with E-state index in [0.29, 0.717) is 22.8 Å². The molecule has 1 amide bonds. The molecule has 0 bridgehead atoms. The van der Waals surface area contributed by atoms with Crippen LogP contribution in [0.4, 0.5) is 0 Å². The molecule has 5 nitrogen and oxygen atoms in total. The van der Waals surface area contributed by atoms with Crippen molar-refractivity contribution in [2.24, 2.45) is 0 Å². The molecule has 0 aliphatic carbocycles. The largest absolute Gasteiger partial charge is 0.497 e. The lowest BCUT2D eigenvalue weighted by Gasteiger charge is -2.18. The summed E-state index contributed by atoms with van der Waals surface area (Å²) in [6.45, 7) is 3.85. The summed E-state index contributed by atoms with van der Waals surface area (Å²) in [6, 6.07) is 10.7. The molecule has 2 rings (SSSR count). The van der Waals surface area contributed by atoms with Crippen molar-refractivity contribution >= 4 is 5.91 Å². The lowest BCUT2D eigenvalue weighted by Crippen LogP contribution is -2.27. The molecule has 128 valence electrons. The number of rotatable bonds is 6. The van der Waals surface area contributed by atoms with Gasteiger partial charge in [0.1, 0.15) is 17.2 Å². The van der Waals surface area contributed by atoms with Crippen LogP contribution in [-0.4, -0.2) is 27.2 Å². The van der Waals surface area contributed by atoms with E-state index < -0.39 is 0 Å². The van der Waals surface area contributed by atoms with Gasteiger partial charge in [-0.15, -0.1) is 0 Å². The zero-order valence-corrected chi connectivity index (χ0v) is 14.7. The maximum absolute atomic E-state index is 12.5. The van der Waals surface area contributed by atoms with Gasteiger partial charge in [0.25, 0.3) is 5.91 Å². The van der Waals surface area contributed by atoms with Crippen molar-refractivity contribution < 1.29 is 19.0 Å². The molecule has 2 aromatic carbocycles. The summed E-state index contributed by atoms with van der Waals surface area (Å²) < 4.78 is 15.9. The molecule has 1 N–H and O–H groups in total. The Labute approximate surface area is 142 Å². The number of aryl methyl sites for hydroxylation is 1. The van der Waals surface area contributed by atoms with Gasteiger partial charge in [-0.1, -0.05) is 6.07 Å². The molecule has 1 unspecified atom stereocenters. The Balaban J connectivity index is 2.20. The number of amides is 1. The highest BCUT2D eigenvalue weighted by molar-refractivity contribution is 5.95. The normalized spacial score (nSPS) is 11.5. The Bertz CT molecular complexity index is 727. The van der Waals surface area contributed by atoms with Gasteiger partial charge in [0, 0.05) is 17.2 Å². The summed E-state index contributed by atoms with van der Waals surface area (Å²) in [7, 11) is 4.79. The highest BCUT2D eigenvalue weighted by atomic mass is 16.5. The van der Waals surface area contributed by atoms with E-state index in [-0.39, 0.29) is 11.9 Å². The summed E-state index contributed by atoms with van der Waals surface area (Å²) in [5.41, 5.74) is 2.42. The SMILES string of the molecule is COc1ccc(C(C)NC(=O)c2ccc(C)c(OC)c2)c(OC)c1. The van der Waals surface area contributed by atoms with Crippen LogP contribution in [-0.2, 0) is 0 Å². The number of hydrogen-bond acceptors (Lipinski definition) is 4.